The number of pyridine rings is 1. The predicted octanol–water partition coefficient (Wildman–Crippen LogP) is 1.54. The molecule has 2 aromatic heterocycles. The Labute approximate surface area is 150 Å². The molecule has 1 aliphatic heterocycles. The second-order valence-corrected chi connectivity index (χ2v) is 6.57. The number of rotatable bonds is 1. The zero-order chi connectivity index (χ0) is 17.5. The molecule has 0 saturated carbocycles. The van der Waals surface area contributed by atoms with Crippen molar-refractivity contribution in [3.63, 3.8) is 0 Å². The summed E-state index contributed by atoms with van der Waals surface area (Å²) in [5.41, 5.74) is 3.00. The molecule has 0 aromatic carbocycles. The lowest BCUT2D eigenvalue weighted by Crippen LogP contribution is -2.42. The van der Waals surface area contributed by atoms with Crippen molar-refractivity contribution in [1.82, 2.24) is 20.2 Å². The number of amides is 2. The molecule has 0 aliphatic carbocycles. The molecule has 0 fully saturated rings. The number of thiazole rings is 1. The largest absolute Gasteiger partial charge is 0.370 e. The van der Waals surface area contributed by atoms with E-state index in [0.29, 0.717) is 18.8 Å². The molecule has 132 valence electrons. The van der Waals surface area contributed by atoms with Crippen LogP contribution < -0.4 is 10.6 Å². The molecular formula is C17H21N5O2S. The lowest BCUT2D eigenvalue weighted by molar-refractivity contribution is -0.121. The molecule has 3 heterocycles. The summed E-state index contributed by atoms with van der Waals surface area (Å²) in [5.74, 6) is 0.500. The Hall–Kier alpha value is -2.48. The number of nitrogens with one attached hydrogen (secondary N) is 2. The minimum atomic E-state index is -0.202. The molecule has 0 saturated heterocycles. The van der Waals surface area contributed by atoms with Gasteiger partial charge in [0.15, 0.2) is 0 Å². The van der Waals surface area contributed by atoms with Gasteiger partial charge in [-0.1, -0.05) is 6.07 Å². The molecule has 8 heteroatoms. The molecular weight excluding hydrogens is 338 g/mol. The number of carbonyl (C=O) groups is 2. The highest BCUT2D eigenvalue weighted by atomic mass is 32.1. The summed E-state index contributed by atoms with van der Waals surface area (Å²) in [5, 5.41) is 7.84. The van der Waals surface area contributed by atoms with Gasteiger partial charge in [-0.25, -0.2) is 9.97 Å². The van der Waals surface area contributed by atoms with Crippen molar-refractivity contribution in [2.24, 2.45) is 0 Å². The first kappa shape index (κ1) is 17.3. The van der Waals surface area contributed by atoms with E-state index in [9.17, 15) is 9.59 Å². The summed E-state index contributed by atoms with van der Waals surface area (Å²) in [6, 6.07) is 5.90. The summed E-state index contributed by atoms with van der Waals surface area (Å²) in [6.07, 6.45) is 2.27. The standard InChI is InChI=1S/C17H21N5O2S/c23-16-10-22(17(24)14-11-25-12-20-14)9-2-5-13-4-1-6-15(21-13)18-7-3-8-19-16/h1,4,6,11-12H,2-3,5,7-10H2,(H,18,21)(H,19,23). The molecule has 7 nitrogen and oxygen atoms in total. The zero-order valence-electron chi connectivity index (χ0n) is 13.9. The zero-order valence-corrected chi connectivity index (χ0v) is 14.7. The molecule has 3 rings (SSSR count). The summed E-state index contributed by atoms with van der Waals surface area (Å²) in [6.45, 7) is 1.84. The van der Waals surface area contributed by atoms with Crippen molar-refractivity contribution in [1.29, 1.82) is 0 Å². The summed E-state index contributed by atoms with van der Waals surface area (Å²) in [4.78, 5) is 34.9. The van der Waals surface area contributed by atoms with Crippen LogP contribution in [0.4, 0.5) is 5.82 Å². The number of carbonyl (C=O) groups excluding carboxylic acids is 2. The third kappa shape index (κ3) is 4.99. The number of hydrogen-bond donors (Lipinski definition) is 2. The summed E-state index contributed by atoms with van der Waals surface area (Å²) >= 11 is 1.37. The Morgan fingerprint density at radius 3 is 2.92 bits per heavy atom. The van der Waals surface area contributed by atoms with Crippen LogP contribution in [0.2, 0.25) is 0 Å². The monoisotopic (exact) mass is 359 g/mol. The third-order valence-electron chi connectivity index (χ3n) is 3.92. The fourth-order valence-corrected chi connectivity index (χ4v) is 3.19. The van der Waals surface area contributed by atoms with Gasteiger partial charge in [0.25, 0.3) is 5.91 Å². The van der Waals surface area contributed by atoms with Gasteiger partial charge in [-0.3, -0.25) is 9.59 Å². The van der Waals surface area contributed by atoms with Crippen molar-refractivity contribution in [3.8, 4) is 0 Å². The van der Waals surface area contributed by atoms with Crippen molar-refractivity contribution < 1.29 is 9.59 Å². The maximum absolute atomic E-state index is 12.6. The average molecular weight is 359 g/mol. The van der Waals surface area contributed by atoms with Gasteiger partial charge < -0.3 is 15.5 Å². The quantitative estimate of drug-likeness (QED) is 0.807. The number of hydrogen-bond acceptors (Lipinski definition) is 6. The van der Waals surface area contributed by atoms with Crippen LogP contribution in [0.5, 0.6) is 0 Å². The Morgan fingerprint density at radius 1 is 1.20 bits per heavy atom. The van der Waals surface area contributed by atoms with Gasteiger partial charge in [-0.2, -0.15) is 0 Å². The number of aromatic nitrogens is 2. The first-order valence-corrected chi connectivity index (χ1v) is 9.30. The second-order valence-electron chi connectivity index (χ2n) is 5.85. The molecule has 0 spiro atoms. The number of anilines is 1. The minimum absolute atomic E-state index is 0.0528. The lowest BCUT2D eigenvalue weighted by atomic mass is 10.2. The number of aryl methyl sites for hydroxylation is 1. The van der Waals surface area contributed by atoms with Crippen molar-refractivity contribution in [2.75, 3.05) is 31.5 Å². The minimum Gasteiger partial charge on any atom is -0.370 e. The molecule has 25 heavy (non-hydrogen) atoms. The fourth-order valence-electron chi connectivity index (χ4n) is 2.66. The van der Waals surface area contributed by atoms with Gasteiger partial charge in [-0.15, -0.1) is 11.3 Å². The van der Waals surface area contributed by atoms with Crippen molar-refractivity contribution in [3.05, 3.63) is 40.5 Å². The Balaban J connectivity index is 1.72. The number of fused-ring (bicyclic) bond motifs is 2. The van der Waals surface area contributed by atoms with E-state index in [-0.39, 0.29) is 18.4 Å². The Bertz CT molecular complexity index is 720. The Morgan fingerprint density at radius 2 is 2.08 bits per heavy atom. The van der Waals surface area contributed by atoms with E-state index >= 15 is 0 Å². The van der Waals surface area contributed by atoms with Crippen LogP contribution in [-0.4, -0.2) is 52.9 Å². The van der Waals surface area contributed by atoms with Crippen LogP contribution in [0.3, 0.4) is 0 Å². The molecule has 0 unspecified atom stereocenters. The maximum Gasteiger partial charge on any atom is 0.273 e. The molecule has 2 bridgehead atoms. The maximum atomic E-state index is 12.6. The Kier molecular flexibility index (Phi) is 5.95. The van der Waals surface area contributed by atoms with Crippen LogP contribution in [0.15, 0.2) is 29.1 Å². The SMILES string of the molecule is O=C1CN(C(=O)c2cscn2)CCCc2cccc(n2)NCCCN1. The third-order valence-corrected chi connectivity index (χ3v) is 4.51. The van der Waals surface area contributed by atoms with E-state index in [1.165, 1.54) is 11.3 Å². The first-order chi connectivity index (χ1) is 12.2. The average Bonchev–Trinajstić information content (AvgIpc) is 3.14. The molecule has 1 aliphatic rings. The van der Waals surface area contributed by atoms with Gasteiger partial charge in [0, 0.05) is 30.7 Å². The van der Waals surface area contributed by atoms with Crippen LogP contribution >= 0.6 is 11.3 Å². The van der Waals surface area contributed by atoms with Crippen molar-refractivity contribution >= 4 is 29.0 Å². The van der Waals surface area contributed by atoms with Crippen LogP contribution in [0.1, 0.15) is 29.0 Å². The molecule has 2 aromatic rings. The number of nitrogens with zero attached hydrogens (tertiary/aromatic N) is 3. The molecule has 0 radical (unpaired) electrons. The summed E-state index contributed by atoms with van der Waals surface area (Å²) in [7, 11) is 0. The van der Waals surface area contributed by atoms with E-state index in [1.807, 2.05) is 18.2 Å². The highest BCUT2D eigenvalue weighted by Crippen LogP contribution is 2.10. The van der Waals surface area contributed by atoms with E-state index in [0.717, 1.165) is 37.3 Å². The van der Waals surface area contributed by atoms with Gasteiger partial charge in [-0.05, 0) is 31.4 Å². The highest BCUT2D eigenvalue weighted by molar-refractivity contribution is 7.07. The smallest absolute Gasteiger partial charge is 0.273 e. The molecule has 0 atom stereocenters. The van der Waals surface area contributed by atoms with E-state index in [2.05, 4.69) is 20.6 Å². The van der Waals surface area contributed by atoms with Gasteiger partial charge in [0.1, 0.15) is 11.5 Å². The van der Waals surface area contributed by atoms with Gasteiger partial charge in [0.2, 0.25) is 5.91 Å². The lowest BCUT2D eigenvalue weighted by Gasteiger charge is -2.21. The second kappa shape index (κ2) is 8.57. The summed E-state index contributed by atoms with van der Waals surface area (Å²) < 4.78 is 0. The molecule has 2 N–H and O–H groups in total. The predicted molar refractivity (Wildman–Crippen MR) is 96.7 cm³/mol. The first-order valence-electron chi connectivity index (χ1n) is 8.36. The van der Waals surface area contributed by atoms with E-state index in [4.69, 9.17) is 0 Å². The topological polar surface area (TPSA) is 87.2 Å². The van der Waals surface area contributed by atoms with Crippen LogP contribution in [0.25, 0.3) is 0 Å². The van der Waals surface area contributed by atoms with Gasteiger partial charge >= 0.3 is 0 Å². The van der Waals surface area contributed by atoms with Gasteiger partial charge in [0.05, 0.1) is 12.1 Å². The van der Waals surface area contributed by atoms with Crippen LogP contribution in [0, 0.1) is 0 Å². The van der Waals surface area contributed by atoms with Crippen molar-refractivity contribution in [2.45, 2.75) is 19.3 Å². The normalized spacial score (nSPS) is 16.5. The van der Waals surface area contributed by atoms with Crippen LogP contribution in [-0.2, 0) is 11.2 Å². The van der Waals surface area contributed by atoms with E-state index in [1.54, 1.807) is 15.8 Å². The van der Waals surface area contributed by atoms with E-state index < -0.39 is 0 Å². The molecule has 2 amide bonds. The highest BCUT2D eigenvalue weighted by Gasteiger charge is 2.20. The fraction of sp³-hybridized carbons (Fsp3) is 0.412.